The zero-order valence-corrected chi connectivity index (χ0v) is 27.4. The molecule has 2 aromatic rings. The van der Waals surface area contributed by atoms with Crippen LogP contribution >= 0.6 is 0 Å². The monoisotopic (exact) mass is 637 g/mol. The number of aliphatic hydroxyl groups excluding tert-OH is 1. The first-order chi connectivity index (χ1) is 17.9. The van der Waals surface area contributed by atoms with Crippen LogP contribution in [0.1, 0.15) is 97.1 Å². The summed E-state index contributed by atoms with van der Waals surface area (Å²) in [5.74, 6) is 0. The molecule has 0 radical (unpaired) electrons. The third-order valence-corrected chi connectivity index (χ3v) is 27.6. The van der Waals surface area contributed by atoms with Gasteiger partial charge < -0.3 is 0 Å². The molecule has 0 aromatic heterocycles. The van der Waals surface area contributed by atoms with E-state index in [9.17, 15) is 13.5 Å². The Morgan fingerprint density at radius 1 is 0.730 bits per heavy atom. The Morgan fingerprint density at radius 3 is 1.62 bits per heavy atom. The fraction of sp³-hybridized carbons (Fsp3) is 0.613. The van der Waals surface area contributed by atoms with Crippen LogP contribution in [0.4, 0.5) is 0 Å². The van der Waals surface area contributed by atoms with Gasteiger partial charge >= 0.3 is 233 Å². The van der Waals surface area contributed by atoms with Crippen LogP contribution in [0.3, 0.4) is 0 Å². The number of aliphatic hydroxyl groups is 1. The SMILES string of the molecule is CCCC[C@@H](N([C@@H](CO)c1ccccc1)S(=O)(=O)c1ccccc1)[Sn]([CH2]CCC)([CH2]CCC)[CH2]CCC. The van der Waals surface area contributed by atoms with Crippen LogP contribution < -0.4 is 0 Å². The van der Waals surface area contributed by atoms with Crippen LogP contribution in [-0.2, 0) is 10.0 Å². The van der Waals surface area contributed by atoms with Crippen molar-refractivity contribution >= 4 is 28.4 Å². The molecule has 4 nitrogen and oxygen atoms in total. The summed E-state index contributed by atoms with van der Waals surface area (Å²) in [7, 11) is -3.82. The molecule has 0 aliphatic carbocycles. The van der Waals surface area contributed by atoms with Gasteiger partial charge in [-0.1, -0.05) is 0 Å². The van der Waals surface area contributed by atoms with Gasteiger partial charge in [0.05, 0.1) is 0 Å². The molecule has 2 rings (SSSR count). The van der Waals surface area contributed by atoms with Crippen LogP contribution in [0.2, 0.25) is 13.3 Å². The molecule has 0 aliphatic heterocycles. The van der Waals surface area contributed by atoms with E-state index in [0.717, 1.165) is 44.1 Å². The van der Waals surface area contributed by atoms with Gasteiger partial charge in [0, 0.05) is 0 Å². The molecule has 0 saturated carbocycles. The summed E-state index contributed by atoms with van der Waals surface area (Å²) in [5, 5.41) is 10.8. The molecule has 1 N–H and O–H groups in total. The second-order valence-electron chi connectivity index (χ2n) is 10.6. The second-order valence-corrected chi connectivity index (χ2v) is 26.4. The Kier molecular flexibility index (Phi) is 14.8. The maximum absolute atomic E-state index is 14.6. The van der Waals surface area contributed by atoms with Crippen molar-refractivity contribution in [1.29, 1.82) is 0 Å². The first-order valence-corrected chi connectivity index (χ1v) is 23.8. The number of hydrogen-bond acceptors (Lipinski definition) is 3. The molecular formula is C31H51NO3SSn. The number of sulfonamides is 1. The number of unbranched alkanes of at least 4 members (excludes halogenated alkanes) is 4. The van der Waals surface area contributed by atoms with Crippen LogP contribution in [-0.4, -0.2) is 46.9 Å². The molecule has 2 aromatic carbocycles. The van der Waals surface area contributed by atoms with Gasteiger partial charge in [0.1, 0.15) is 0 Å². The van der Waals surface area contributed by atoms with E-state index in [1.54, 1.807) is 12.1 Å². The van der Waals surface area contributed by atoms with Crippen LogP contribution in [0.25, 0.3) is 0 Å². The predicted molar refractivity (Wildman–Crippen MR) is 160 cm³/mol. The molecule has 6 heteroatoms. The van der Waals surface area contributed by atoms with Crippen molar-refractivity contribution in [3.63, 3.8) is 0 Å². The summed E-state index contributed by atoms with van der Waals surface area (Å²) in [6.07, 6.45) is 9.94. The first-order valence-electron chi connectivity index (χ1n) is 14.7. The standard InChI is InChI=1S/C19H24NO3S.3C4H9.Sn/c1-2-3-10-15-20(19(16-21)17-11-6-4-7-12-17)24(22,23)18-13-8-5-9-14-18;3*1-3-4-2;/h4-9,11-15,19,21H,2-3,10,16H2,1H3;3*1,3-4H2,2H3;/t19-;;;;/m0..../s1. The number of nitrogens with zero attached hydrogens (tertiary/aromatic N) is 1. The van der Waals surface area contributed by atoms with Crippen molar-refractivity contribution in [3.05, 3.63) is 66.2 Å². The average molecular weight is 637 g/mol. The normalized spacial score (nSPS) is 14.1. The maximum atomic E-state index is 14.6. The van der Waals surface area contributed by atoms with Gasteiger partial charge in [-0.15, -0.1) is 0 Å². The van der Waals surface area contributed by atoms with Crippen molar-refractivity contribution in [2.75, 3.05) is 6.61 Å². The van der Waals surface area contributed by atoms with E-state index >= 15 is 0 Å². The summed E-state index contributed by atoms with van der Waals surface area (Å²) >= 11 is -3.12. The van der Waals surface area contributed by atoms with E-state index in [1.807, 2.05) is 52.8 Å². The van der Waals surface area contributed by atoms with E-state index in [0.29, 0.717) is 4.90 Å². The molecule has 0 saturated heterocycles. The molecule has 0 bridgehead atoms. The molecular weight excluding hydrogens is 585 g/mol. The topological polar surface area (TPSA) is 57.6 Å². The number of rotatable bonds is 19. The van der Waals surface area contributed by atoms with Gasteiger partial charge in [-0.25, -0.2) is 0 Å². The predicted octanol–water partition coefficient (Wildman–Crippen LogP) is 8.36. The van der Waals surface area contributed by atoms with Gasteiger partial charge in [0.2, 0.25) is 0 Å². The van der Waals surface area contributed by atoms with Gasteiger partial charge in [0.15, 0.2) is 0 Å². The van der Waals surface area contributed by atoms with E-state index in [-0.39, 0.29) is 10.7 Å². The minimum absolute atomic E-state index is 0.0291. The second kappa shape index (κ2) is 16.9. The Labute approximate surface area is 231 Å². The third kappa shape index (κ3) is 8.81. The summed E-state index contributed by atoms with van der Waals surface area (Å²) in [5.41, 5.74) is 0.882. The molecule has 0 amide bonds. The summed E-state index contributed by atoms with van der Waals surface area (Å²) in [4.78, 5) is 0.340. The Hall–Kier alpha value is -0.891. The van der Waals surface area contributed by atoms with Crippen molar-refractivity contribution in [3.8, 4) is 0 Å². The Morgan fingerprint density at radius 2 is 1.19 bits per heavy atom. The van der Waals surface area contributed by atoms with Crippen LogP contribution in [0, 0.1) is 0 Å². The fourth-order valence-corrected chi connectivity index (χ4v) is 28.7. The molecule has 0 heterocycles. The summed E-state index contributed by atoms with van der Waals surface area (Å²) in [6, 6.07) is 18.2. The van der Waals surface area contributed by atoms with E-state index < -0.39 is 34.4 Å². The van der Waals surface area contributed by atoms with E-state index in [2.05, 4.69) is 27.7 Å². The molecule has 0 aliphatic rings. The van der Waals surface area contributed by atoms with Gasteiger partial charge in [-0.2, -0.15) is 0 Å². The van der Waals surface area contributed by atoms with Crippen LogP contribution in [0.15, 0.2) is 65.6 Å². The third-order valence-electron chi connectivity index (χ3n) is 7.91. The number of hydrogen-bond donors (Lipinski definition) is 1. The molecule has 0 fully saturated rings. The summed E-state index contributed by atoms with van der Waals surface area (Å²) < 4.78 is 34.8. The minimum atomic E-state index is -3.82. The van der Waals surface area contributed by atoms with Crippen LogP contribution in [0.5, 0.6) is 0 Å². The van der Waals surface area contributed by atoms with E-state index in [4.69, 9.17) is 0 Å². The zero-order valence-electron chi connectivity index (χ0n) is 23.7. The molecule has 37 heavy (non-hydrogen) atoms. The molecule has 0 spiro atoms. The Balaban J connectivity index is 2.83. The van der Waals surface area contributed by atoms with Gasteiger partial charge in [-0.05, 0) is 0 Å². The van der Waals surface area contributed by atoms with Gasteiger partial charge in [0.25, 0.3) is 0 Å². The van der Waals surface area contributed by atoms with Gasteiger partial charge in [-0.3, -0.25) is 0 Å². The summed E-state index contributed by atoms with van der Waals surface area (Å²) in [6.45, 7) is 8.77. The molecule has 208 valence electrons. The van der Waals surface area contributed by atoms with Crippen molar-refractivity contribution in [2.24, 2.45) is 0 Å². The average Bonchev–Trinajstić information content (AvgIpc) is 2.93. The molecule has 2 atom stereocenters. The number of benzene rings is 2. The van der Waals surface area contributed by atoms with E-state index in [1.165, 1.54) is 32.6 Å². The first kappa shape index (κ1) is 32.3. The van der Waals surface area contributed by atoms with Crippen molar-refractivity contribution in [1.82, 2.24) is 4.31 Å². The fourth-order valence-electron chi connectivity index (χ4n) is 5.84. The Bertz CT molecular complexity index is 947. The molecule has 0 unspecified atom stereocenters. The zero-order chi connectivity index (χ0) is 27.2. The quantitative estimate of drug-likeness (QED) is 0.158. The van der Waals surface area contributed by atoms with Crippen molar-refractivity contribution < 1.29 is 13.5 Å². The van der Waals surface area contributed by atoms with Crippen molar-refractivity contribution in [2.45, 2.75) is 114 Å².